The minimum atomic E-state index is -0.902. The Bertz CT molecular complexity index is 833. The lowest BCUT2D eigenvalue weighted by Crippen LogP contribution is -2.34. The maximum absolute atomic E-state index is 12.2. The molecule has 1 aliphatic heterocycles. The lowest BCUT2D eigenvalue weighted by molar-refractivity contribution is 0.140. The predicted molar refractivity (Wildman–Crippen MR) is 97.1 cm³/mol. The van der Waals surface area contributed by atoms with Crippen LogP contribution in [0, 0.1) is 13.8 Å². The Morgan fingerprint density at radius 2 is 1.84 bits per heavy atom. The average molecular weight is 339 g/mol. The maximum atomic E-state index is 12.2. The van der Waals surface area contributed by atoms with E-state index in [-0.39, 0.29) is 6.03 Å². The van der Waals surface area contributed by atoms with Crippen molar-refractivity contribution in [3.8, 4) is 0 Å². The Hall–Kier alpha value is -3.02. The molecule has 0 saturated carbocycles. The molecule has 0 atom stereocenters. The molecule has 130 valence electrons. The Morgan fingerprint density at radius 3 is 2.56 bits per heavy atom. The highest BCUT2D eigenvalue weighted by Crippen LogP contribution is 2.23. The summed E-state index contributed by atoms with van der Waals surface area (Å²) >= 11 is 0. The summed E-state index contributed by atoms with van der Waals surface area (Å²) in [5.74, 6) is 0. The number of fused-ring (bicyclic) bond motifs is 1. The number of urea groups is 1. The second kappa shape index (κ2) is 6.84. The lowest BCUT2D eigenvalue weighted by Gasteiger charge is -2.26. The summed E-state index contributed by atoms with van der Waals surface area (Å²) < 4.78 is 0. The average Bonchev–Trinajstić information content (AvgIpc) is 2.57. The smallest absolute Gasteiger partial charge is 0.407 e. The highest BCUT2D eigenvalue weighted by molar-refractivity contribution is 6.00. The normalized spacial score (nSPS) is 13.1. The van der Waals surface area contributed by atoms with Crippen molar-refractivity contribution >= 4 is 23.5 Å². The first kappa shape index (κ1) is 16.8. The summed E-state index contributed by atoms with van der Waals surface area (Å²) in [5, 5.41) is 14.8. The third-order valence-corrected chi connectivity index (χ3v) is 4.38. The second-order valence-electron chi connectivity index (χ2n) is 6.34. The van der Waals surface area contributed by atoms with Crippen LogP contribution in [0.3, 0.4) is 0 Å². The SMILES string of the molecule is Cc1ccc(NC(=O)Nc2ccc3c(c2)CCN(C(=O)O)C3)c(C)c1. The van der Waals surface area contributed by atoms with E-state index in [4.69, 9.17) is 5.11 Å². The molecule has 6 heteroatoms. The topological polar surface area (TPSA) is 81.7 Å². The number of nitrogens with zero attached hydrogens (tertiary/aromatic N) is 1. The predicted octanol–water partition coefficient (Wildman–Crippen LogP) is 3.98. The van der Waals surface area contributed by atoms with Crippen molar-refractivity contribution in [1.82, 2.24) is 4.90 Å². The molecule has 0 saturated heterocycles. The Kier molecular flexibility index (Phi) is 4.61. The number of hydrogen-bond donors (Lipinski definition) is 3. The van der Waals surface area contributed by atoms with Gasteiger partial charge in [0.05, 0.1) is 0 Å². The molecule has 3 rings (SSSR count). The molecule has 1 aliphatic rings. The molecule has 0 bridgehead atoms. The number of carbonyl (C=O) groups excluding carboxylic acids is 1. The molecule has 0 unspecified atom stereocenters. The van der Waals surface area contributed by atoms with Crippen molar-refractivity contribution in [2.24, 2.45) is 0 Å². The molecule has 1 heterocycles. The number of nitrogens with one attached hydrogen (secondary N) is 2. The van der Waals surface area contributed by atoms with E-state index in [1.54, 1.807) is 6.07 Å². The van der Waals surface area contributed by atoms with Gasteiger partial charge in [-0.2, -0.15) is 0 Å². The first-order chi connectivity index (χ1) is 11.9. The second-order valence-corrected chi connectivity index (χ2v) is 6.34. The van der Waals surface area contributed by atoms with Gasteiger partial charge >= 0.3 is 12.1 Å². The third kappa shape index (κ3) is 3.91. The van der Waals surface area contributed by atoms with Crippen molar-refractivity contribution in [3.63, 3.8) is 0 Å². The van der Waals surface area contributed by atoms with Crippen LogP contribution in [0.25, 0.3) is 0 Å². The van der Waals surface area contributed by atoms with Crippen molar-refractivity contribution in [3.05, 3.63) is 58.7 Å². The van der Waals surface area contributed by atoms with Gasteiger partial charge in [0.2, 0.25) is 0 Å². The molecular weight excluding hydrogens is 318 g/mol. The van der Waals surface area contributed by atoms with Gasteiger partial charge in [-0.05, 0) is 55.2 Å². The number of benzene rings is 2. The number of rotatable bonds is 2. The van der Waals surface area contributed by atoms with Crippen molar-refractivity contribution in [1.29, 1.82) is 0 Å². The van der Waals surface area contributed by atoms with Crippen LogP contribution < -0.4 is 10.6 Å². The molecule has 0 radical (unpaired) electrons. The summed E-state index contributed by atoms with van der Waals surface area (Å²) in [7, 11) is 0. The molecular formula is C19H21N3O3. The van der Waals surface area contributed by atoms with Crippen LogP contribution in [-0.2, 0) is 13.0 Å². The van der Waals surface area contributed by atoms with Crippen LogP contribution in [0.15, 0.2) is 36.4 Å². The van der Waals surface area contributed by atoms with Gasteiger partial charge in [-0.25, -0.2) is 9.59 Å². The minimum Gasteiger partial charge on any atom is -0.465 e. The van der Waals surface area contributed by atoms with Gasteiger partial charge in [-0.15, -0.1) is 0 Å². The van der Waals surface area contributed by atoms with Gasteiger partial charge in [0.15, 0.2) is 0 Å². The molecule has 0 aliphatic carbocycles. The van der Waals surface area contributed by atoms with E-state index in [0.717, 1.165) is 27.9 Å². The largest absolute Gasteiger partial charge is 0.465 e. The highest BCUT2D eigenvalue weighted by atomic mass is 16.4. The first-order valence-electron chi connectivity index (χ1n) is 8.17. The van der Waals surface area contributed by atoms with Gasteiger partial charge in [-0.1, -0.05) is 23.8 Å². The fourth-order valence-electron chi connectivity index (χ4n) is 3.03. The number of amides is 3. The van der Waals surface area contributed by atoms with Crippen molar-refractivity contribution < 1.29 is 14.7 Å². The van der Waals surface area contributed by atoms with Gasteiger partial charge in [0, 0.05) is 24.5 Å². The molecule has 3 amide bonds. The summed E-state index contributed by atoms with van der Waals surface area (Å²) in [6.07, 6.45) is -0.253. The van der Waals surface area contributed by atoms with Crippen LogP contribution in [0.5, 0.6) is 0 Å². The molecule has 3 N–H and O–H groups in total. The van der Waals surface area contributed by atoms with E-state index in [9.17, 15) is 9.59 Å². The number of carboxylic acid groups (broad SMARTS) is 1. The van der Waals surface area contributed by atoms with E-state index in [1.165, 1.54) is 4.90 Å². The zero-order valence-electron chi connectivity index (χ0n) is 14.3. The molecule has 2 aromatic rings. The van der Waals surface area contributed by atoms with E-state index in [0.29, 0.717) is 25.2 Å². The fraction of sp³-hybridized carbons (Fsp3) is 0.263. The van der Waals surface area contributed by atoms with Gasteiger partial charge < -0.3 is 20.6 Å². The van der Waals surface area contributed by atoms with Crippen molar-refractivity contribution in [2.75, 3.05) is 17.2 Å². The first-order valence-corrected chi connectivity index (χ1v) is 8.17. The quantitative estimate of drug-likeness (QED) is 0.774. The van der Waals surface area contributed by atoms with E-state index in [1.807, 2.05) is 44.2 Å². The monoisotopic (exact) mass is 339 g/mol. The number of anilines is 2. The highest BCUT2D eigenvalue weighted by Gasteiger charge is 2.20. The molecule has 0 aromatic heterocycles. The Balaban J connectivity index is 1.67. The fourth-order valence-corrected chi connectivity index (χ4v) is 3.03. The number of hydrogen-bond acceptors (Lipinski definition) is 2. The zero-order chi connectivity index (χ0) is 18.0. The zero-order valence-corrected chi connectivity index (χ0v) is 14.3. The summed E-state index contributed by atoms with van der Waals surface area (Å²) in [6, 6.07) is 11.1. The Labute approximate surface area is 146 Å². The number of carbonyl (C=O) groups is 2. The molecule has 0 spiro atoms. The van der Waals surface area contributed by atoms with Crippen LogP contribution in [-0.4, -0.2) is 28.7 Å². The van der Waals surface area contributed by atoms with Gasteiger partial charge in [-0.3, -0.25) is 0 Å². The molecule has 0 fully saturated rings. The summed E-state index contributed by atoms with van der Waals surface area (Å²) in [5.41, 5.74) is 5.68. The van der Waals surface area contributed by atoms with Crippen LogP contribution in [0.1, 0.15) is 22.3 Å². The number of aryl methyl sites for hydroxylation is 2. The maximum Gasteiger partial charge on any atom is 0.407 e. The Morgan fingerprint density at radius 1 is 1.04 bits per heavy atom. The third-order valence-electron chi connectivity index (χ3n) is 4.38. The van der Waals surface area contributed by atoms with Gasteiger partial charge in [0.25, 0.3) is 0 Å². The van der Waals surface area contributed by atoms with Gasteiger partial charge in [0.1, 0.15) is 0 Å². The van der Waals surface area contributed by atoms with E-state index >= 15 is 0 Å². The molecule has 25 heavy (non-hydrogen) atoms. The summed E-state index contributed by atoms with van der Waals surface area (Å²) in [6.45, 7) is 4.82. The molecule has 6 nitrogen and oxygen atoms in total. The van der Waals surface area contributed by atoms with Crippen LogP contribution in [0.4, 0.5) is 21.0 Å². The summed E-state index contributed by atoms with van der Waals surface area (Å²) in [4.78, 5) is 24.7. The van der Waals surface area contributed by atoms with Crippen LogP contribution in [0.2, 0.25) is 0 Å². The van der Waals surface area contributed by atoms with E-state index in [2.05, 4.69) is 10.6 Å². The minimum absolute atomic E-state index is 0.296. The van der Waals surface area contributed by atoms with Crippen molar-refractivity contribution in [2.45, 2.75) is 26.8 Å². The van der Waals surface area contributed by atoms with E-state index < -0.39 is 6.09 Å². The lowest BCUT2D eigenvalue weighted by atomic mass is 9.99. The molecule has 2 aromatic carbocycles. The van der Waals surface area contributed by atoms with Crippen LogP contribution >= 0.6 is 0 Å². The standard InChI is InChI=1S/C19H21N3O3/c1-12-3-6-17(13(2)9-12)21-18(23)20-16-5-4-15-11-22(19(24)25)8-7-14(15)10-16/h3-6,9-10H,7-8,11H2,1-2H3,(H,24,25)(H2,20,21,23).